The third-order valence-electron chi connectivity index (χ3n) is 3.36. The molecule has 0 aromatic carbocycles. The molecule has 32 heavy (non-hydrogen) atoms. The van der Waals surface area contributed by atoms with Gasteiger partial charge in [-0.05, 0) is 12.7 Å². The number of hydrogen-bond donors (Lipinski definition) is 2. The van der Waals surface area contributed by atoms with Crippen molar-refractivity contribution in [3.05, 3.63) is 6.92 Å². The summed E-state index contributed by atoms with van der Waals surface area (Å²) >= 11 is 1.28. The third kappa shape index (κ3) is 27.2. The molecule has 9 nitrogen and oxygen atoms in total. The van der Waals surface area contributed by atoms with Crippen LogP contribution in [0.25, 0.3) is 0 Å². The topological polar surface area (TPSA) is 125 Å². The summed E-state index contributed by atoms with van der Waals surface area (Å²) < 4.78 is 5.05. The summed E-state index contributed by atoms with van der Waals surface area (Å²) in [4.78, 5) is 48.2. The van der Waals surface area contributed by atoms with Crippen LogP contribution in [0.2, 0.25) is 0 Å². The molecule has 1 aliphatic rings. The van der Waals surface area contributed by atoms with Crippen molar-refractivity contribution in [1.82, 2.24) is 10.2 Å². The summed E-state index contributed by atoms with van der Waals surface area (Å²) in [5.74, 6) is 0.583. The summed E-state index contributed by atoms with van der Waals surface area (Å²) in [6.45, 7) is 13.1. The maximum Gasteiger partial charge on any atom is 1.00 e. The van der Waals surface area contributed by atoms with Gasteiger partial charge in [0.15, 0.2) is 5.90 Å². The molecule has 2 N–H and O–H groups in total. The van der Waals surface area contributed by atoms with Crippen molar-refractivity contribution in [2.75, 3.05) is 44.3 Å². The van der Waals surface area contributed by atoms with Gasteiger partial charge in [0.25, 0.3) is 0 Å². The number of carboxylic acids is 1. The minimum atomic E-state index is -0.853. The Hall–Kier alpha value is -0.880. The van der Waals surface area contributed by atoms with Gasteiger partial charge >= 0.3 is 35.5 Å². The van der Waals surface area contributed by atoms with Gasteiger partial charge in [-0.2, -0.15) is 0 Å². The normalized spacial score (nSPS) is 10.8. The number of thioether (sulfide) groups is 1. The largest absolute Gasteiger partial charge is 1.00 e. The van der Waals surface area contributed by atoms with E-state index < -0.39 is 5.97 Å². The number of amides is 2. The molecule has 0 atom stereocenters. The number of carboxylic acid groups (broad SMARTS) is 1. The molecule has 182 valence electrons. The van der Waals surface area contributed by atoms with Gasteiger partial charge in [-0.25, -0.2) is 0 Å². The van der Waals surface area contributed by atoms with Crippen LogP contribution in [-0.2, 0) is 37.4 Å². The van der Waals surface area contributed by atoms with E-state index in [1.54, 1.807) is 18.7 Å². The molecule has 0 radical (unpaired) electrons. The Morgan fingerprint density at radius 2 is 1.78 bits per heavy atom. The van der Waals surface area contributed by atoms with E-state index >= 15 is 0 Å². The molecule has 2 amide bonds. The molecule has 1 rings (SSSR count). The first-order valence-electron chi connectivity index (χ1n) is 10.00. The number of carbonyl (C=O) groups excluding carboxylic acids is 3. The molecule has 0 spiro atoms. The number of aliphatic imine (C=N–C) groups is 1. The molecule has 0 fully saturated rings. The maximum atomic E-state index is 11.7. The van der Waals surface area contributed by atoms with E-state index in [-0.39, 0.29) is 66.4 Å². The molecule has 1 aliphatic heterocycles. The van der Waals surface area contributed by atoms with Gasteiger partial charge in [0.2, 0.25) is 11.8 Å². The summed E-state index contributed by atoms with van der Waals surface area (Å²) in [5.41, 5.74) is 0. The monoisotopic (exact) mass is 502 g/mol. The zero-order chi connectivity index (χ0) is 23.4. The van der Waals surface area contributed by atoms with Crippen molar-refractivity contribution in [2.45, 2.75) is 47.0 Å². The van der Waals surface area contributed by atoms with Crippen LogP contribution in [0.1, 0.15) is 47.0 Å². The van der Waals surface area contributed by atoms with Gasteiger partial charge in [0.05, 0.1) is 12.3 Å². The molecule has 0 aliphatic carbocycles. The van der Waals surface area contributed by atoms with Crippen LogP contribution in [0.5, 0.6) is 0 Å². The van der Waals surface area contributed by atoms with Gasteiger partial charge < -0.3 is 45.3 Å². The molecule has 0 saturated heterocycles. The van der Waals surface area contributed by atoms with Crippen molar-refractivity contribution < 1.29 is 58.6 Å². The second-order valence-electron chi connectivity index (χ2n) is 6.06. The Labute approximate surface area is 225 Å². The number of aliphatic carboxylic acids is 1. The van der Waals surface area contributed by atoms with E-state index in [9.17, 15) is 19.2 Å². The summed E-state index contributed by atoms with van der Waals surface area (Å²) in [5, 5.41) is 11.2. The zero-order valence-corrected chi connectivity index (χ0v) is 23.7. The quantitative estimate of drug-likeness (QED) is 0.115. The van der Waals surface area contributed by atoms with Crippen LogP contribution in [0.15, 0.2) is 4.99 Å². The molecule has 0 saturated carbocycles. The minimum Gasteiger partial charge on any atom is -0.813 e. The molecule has 12 heteroatoms. The second kappa shape index (κ2) is 26.4. The van der Waals surface area contributed by atoms with Crippen molar-refractivity contribution in [1.29, 1.82) is 0 Å². The second-order valence-corrected chi connectivity index (χ2v) is 7.17. The van der Waals surface area contributed by atoms with Crippen LogP contribution >= 0.6 is 11.8 Å². The summed E-state index contributed by atoms with van der Waals surface area (Å²) in [6.07, 6.45) is 1.78. The van der Waals surface area contributed by atoms with Gasteiger partial charge in [0.1, 0.15) is 6.61 Å². The van der Waals surface area contributed by atoms with E-state index in [0.29, 0.717) is 38.2 Å². The number of carbonyl (C=O) groups is 4. The van der Waals surface area contributed by atoms with Gasteiger partial charge in [-0.15, -0.1) is 11.8 Å². The van der Waals surface area contributed by atoms with Gasteiger partial charge in [-0.3, -0.25) is 19.4 Å². The zero-order valence-electron chi connectivity index (χ0n) is 20.0. The number of hydrogen-bond acceptors (Lipinski definition) is 8. The number of Topliss-reactive ketones (excluding diaryl/α,β-unsaturated/α-hetero) is 1. The van der Waals surface area contributed by atoms with Crippen LogP contribution in [0, 0.1) is 6.92 Å². The Kier molecular flexibility index (Phi) is 31.6. The van der Waals surface area contributed by atoms with Crippen LogP contribution in [0.3, 0.4) is 0 Å². The Morgan fingerprint density at radius 3 is 2.16 bits per heavy atom. The molecule has 0 bridgehead atoms. The predicted octanol–water partition coefficient (Wildman–Crippen LogP) is -1.46. The van der Waals surface area contributed by atoms with E-state index in [4.69, 9.17) is 9.84 Å². The number of thiol groups is 1. The van der Waals surface area contributed by atoms with Gasteiger partial charge in [0, 0.05) is 44.6 Å². The van der Waals surface area contributed by atoms with E-state index in [1.165, 1.54) is 18.7 Å². The fourth-order valence-corrected chi connectivity index (χ4v) is 2.64. The standard InChI is InChI=1S/C12H22N2O4S.C5H9NO.C3H5O.Na.H2S/c1-3-10(15)13-5-6-14(11(16)4-2)7-8-19-9-12(17)18;1-2-5-6-3-4-7-5;1-3(2)4;;/h3-9H2,1-2H3,(H,13,15)(H,17,18);2-4H2,1H3;1H2,2H3;;1H2/q;;-1;+1;/p-1. The van der Waals surface area contributed by atoms with Crippen LogP contribution < -0.4 is 34.9 Å². The molecule has 1 heterocycles. The predicted molar refractivity (Wildman–Crippen MR) is 128 cm³/mol. The van der Waals surface area contributed by atoms with E-state index in [0.717, 1.165) is 25.5 Å². The Balaban J connectivity index is -0.000000248. The van der Waals surface area contributed by atoms with Crippen LogP contribution in [-0.4, -0.2) is 83.8 Å². The van der Waals surface area contributed by atoms with E-state index in [2.05, 4.69) is 17.2 Å². The molecular weight excluding hydrogens is 465 g/mol. The van der Waals surface area contributed by atoms with Crippen LogP contribution in [0.4, 0.5) is 0 Å². The number of ketones is 1. The summed E-state index contributed by atoms with van der Waals surface area (Å²) in [6, 6.07) is 0. The van der Waals surface area contributed by atoms with Crippen molar-refractivity contribution in [2.24, 2.45) is 4.99 Å². The smallest absolute Gasteiger partial charge is 0.813 e. The van der Waals surface area contributed by atoms with Crippen molar-refractivity contribution in [3.63, 3.8) is 0 Å². The molecule has 0 unspecified atom stereocenters. The molecular formula is C20H37N3NaO6S2-. The number of nitrogens with zero attached hydrogens (tertiary/aromatic N) is 2. The van der Waals surface area contributed by atoms with Gasteiger partial charge in [-0.1, -0.05) is 20.8 Å². The number of ether oxygens (including phenoxy) is 1. The first-order chi connectivity index (χ1) is 14.2. The average Bonchev–Trinajstić information content (AvgIpc) is 3.22. The SMILES string of the molecule is CCC(=O)NCCN(CCSCC(=O)O)C(=O)CC.CCC1=NCCO1.[CH2-]C(C)=O.[Na+].[SH-]. The van der Waals surface area contributed by atoms with E-state index in [1.807, 2.05) is 6.92 Å². The number of nitrogens with one attached hydrogen (secondary N) is 1. The maximum absolute atomic E-state index is 11.7. The fourth-order valence-electron chi connectivity index (χ4n) is 1.97. The fraction of sp³-hybridized carbons (Fsp3) is 0.700. The van der Waals surface area contributed by atoms with Crippen molar-refractivity contribution >= 4 is 54.7 Å². The average molecular weight is 503 g/mol. The Bertz CT molecular complexity index is 561. The minimum absolute atomic E-state index is 0. The summed E-state index contributed by atoms with van der Waals surface area (Å²) in [7, 11) is 0. The van der Waals surface area contributed by atoms with Crippen molar-refractivity contribution in [3.8, 4) is 0 Å². The Morgan fingerprint density at radius 1 is 1.19 bits per heavy atom. The number of rotatable bonds is 11. The third-order valence-corrected chi connectivity index (χ3v) is 4.28. The molecule has 0 aromatic heterocycles. The molecule has 0 aromatic rings. The first kappa shape index (κ1) is 38.4. The first-order valence-corrected chi connectivity index (χ1v) is 11.2.